The predicted octanol–water partition coefficient (Wildman–Crippen LogP) is 3.95. The predicted molar refractivity (Wildman–Crippen MR) is 107 cm³/mol. The first-order valence-electron chi connectivity index (χ1n) is 8.95. The molecule has 1 N–H and O–H groups in total. The molecule has 1 aliphatic rings. The van der Waals surface area contributed by atoms with Crippen molar-refractivity contribution in [1.82, 2.24) is 5.32 Å². The van der Waals surface area contributed by atoms with E-state index in [0.717, 1.165) is 31.8 Å². The number of rotatable bonds is 7. The van der Waals surface area contributed by atoms with Gasteiger partial charge < -0.3 is 10.2 Å². The number of anilines is 1. The minimum absolute atomic E-state index is 0.0214. The topological polar surface area (TPSA) is 32.3 Å². The normalized spacial score (nSPS) is 18.1. The van der Waals surface area contributed by atoms with Gasteiger partial charge in [-0.25, -0.2) is 0 Å². The van der Waals surface area contributed by atoms with Crippen LogP contribution in [-0.2, 0) is 10.5 Å². The summed E-state index contributed by atoms with van der Waals surface area (Å²) in [5.74, 6) is 1.57. The van der Waals surface area contributed by atoms with Crippen LogP contribution in [0.2, 0.25) is 0 Å². The van der Waals surface area contributed by atoms with Crippen LogP contribution in [0.4, 0.5) is 5.69 Å². The molecule has 4 heteroatoms. The molecule has 1 saturated heterocycles. The number of hydrogen-bond donors (Lipinski definition) is 1. The van der Waals surface area contributed by atoms with Crippen molar-refractivity contribution in [3.05, 3.63) is 66.2 Å². The molecule has 3 nitrogen and oxygen atoms in total. The van der Waals surface area contributed by atoms with E-state index in [-0.39, 0.29) is 11.2 Å². The number of nitrogens with zero attached hydrogens (tertiary/aromatic N) is 1. The van der Waals surface area contributed by atoms with Crippen molar-refractivity contribution in [2.75, 3.05) is 24.5 Å². The number of carbonyl (C=O) groups is 1. The van der Waals surface area contributed by atoms with Crippen molar-refractivity contribution in [2.24, 2.45) is 5.92 Å². The molecule has 0 radical (unpaired) electrons. The minimum atomic E-state index is -0.0214. The molecular weight excluding hydrogens is 328 g/mol. The summed E-state index contributed by atoms with van der Waals surface area (Å²) in [6.07, 6.45) is 1.14. The molecule has 1 aliphatic heterocycles. The Morgan fingerprint density at radius 3 is 2.56 bits per heavy atom. The second-order valence-corrected chi connectivity index (χ2v) is 7.95. The van der Waals surface area contributed by atoms with Crippen LogP contribution in [0.15, 0.2) is 60.7 Å². The van der Waals surface area contributed by atoms with Crippen molar-refractivity contribution in [1.29, 1.82) is 0 Å². The van der Waals surface area contributed by atoms with Crippen molar-refractivity contribution in [3.8, 4) is 0 Å². The zero-order valence-electron chi connectivity index (χ0n) is 14.7. The molecule has 1 heterocycles. The van der Waals surface area contributed by atoms with E-state index in [1.807, 2.05) is 31.2 Å². The van der Waals surface area contributed by atoms with Crippen LogP contribution < -0.4 is 10.2 Å². The summed E-state index contributed by atoms with van der Waals surface area (Å²) in [5.41, 5.74) is 2.55. The number of carbonyl (C=O) groups excluding carboxylic acids is 1. The summed E-state index contributed by atoms with van der Waals surface area (Å²) in [6, 6.07) is 20.8. The fourth-order valence-corrected chi connectivity index (χ4v) is 4.00. The van der Waals surface area contributed by atoms with E-state index in [1.54, 1.807) is 11.8 Å². The molecule has 0 spiro atoms. The average molecular weight is 355 g/mol. The highest BCUT2D eigenvalue weighted by molar-refractivity contribution is 7.99. The molecule has 0 aromatic heterocycles. The molecule has 0 saturated carbocycles. The molecule has 2 aromatic rings. The second kappa shape index (κ2) is 8.95. The van der Waals surface area contributed by atoms with E-state index < -0.39 is 0 Å². The molecule has 2 aromatic carbocycles. The van der Waals surface area contributed by atoms with Crippen LogP contribution in [0, 0.1) is 5.92 Å². The van der Waals surface area contributed by atoms with Crippen LogP contribution in [0.25, 0.3) is 0 Å². The Morgan fingerprint density at radius 2 is 1.84 bits per heavy atom. The van der Waals surface area contributed by atoms with E-state index in [2.05, 4.69) is 46.6 Å². The van der Waals surface area contributed by atoms with Gasteiger partial charge in [0.05, 0.1) is 5.25 Å². The van der Waals surface area contributed by atoms with E-state index in [4.69, 9.17) is 0 Å². The lowest BCUT2D eigenvalue weighted by atomic mass is 10.1. The standard InChI is InChI=1S/C21H26N2OS/c1-17(25-16-18-8-4-2-5-9-18)21(24)22-14-19-12-13-23(15-19)20-10-6-3-7-11-20/h2-11,17,19H,12-16H2,1H3,(H,22,24)/t17-,19+/m1/s1. The Morgan fingerprint density at radius 1 is 1.16 bits per heavy atom. The molecule has 1 fully saturated rings. The fraction of sp³-hybridized carbons (Fsp3) is 0.381. The van der Waals surface area contributed by atoms with Crippen molar-refractivity contribution in [2.45, 2.75) is 24.3 Å². The second-order valence-electron chi connectivity index (χ2n) is 6.62. The SMILES string of the molecule is C[C@@H](SCc1ccccc1)C(=O)NC[C@@H]1CCN(c2ccccc2)C1. The first-order valence-corrected chi connectivity index (χ1v) is 10.0. The zero-order valence-corrected chi connectivity index (χ0v) is 15.5. The van der Waals surface area contributed by atoms with Crippen molar-refractivity contribution in [3.63, 3.8) is 0 Å². The Kier molecular flexibility index (Phi) is 6.40. The van der Waals surface area contributed by atoms with Gasteiger partial charge in [0, 0.05) is 31.1 Å². The molecule has 132 valence electrons. The van der Waals surface area contributed by atoms with Gasteiger partial charge in [-0.1, -0.05) is 48.5 Å². The van der Waals surface area contributed by atoms with E-state index >= 15 is 0 Å². The highest BCUT2D eigenvalue weighted by Gasteiger charge is 2.23. The molecule has 3 rings (SSSR count). The van der Waals surface area contributed by atoms with Gasteiger partial charge in [-0.15, -0.1) is 11.8 Å². The lowest BCUT2D eigenvalue weighted by Crippen LogP contribution is -2.35. The third kappa shape index (κ3) is 5.27. The third-order valence-electron chi connectivity index (χ3n) is 4.68. The van der Waals surface area contributed by atoms with E-state index in [1.165, 1.54) is 11.3 Å². The summed E-state index contributed by atoms with van der Waals surface area (Å²) < 4.78 is 0. The van der Waals surface area contributed by atoms with Gasteiger partial charge in [0.2, 0.25) is 5.91 Å². The number of thioether (sulfide) groups is 1. The van der Waals surface area contributed by atoms with E-state index in [0.29, 0.717) is 5.92 Å². The lowest BCUT2D eigenvalue weighted by molar-refractivity contribution is -0.120. The molecule has 0 aliphatic carbocycles. The smallest absolute Gasteiger partial charge is 0.232 e. The fourth-order valence-electron chi connectivity index (χ4n) is 3.13. The van der Waals surface area contributed by atoms with Gasteiger partial charge in [-0.3, -0.25) is 4.79 Å². The van der Waals surface area contributed by atoms with Gasteiger partial charge in [0.1, 0.15) is 0 Å². The summed E-state index contributed by atoms with van der Waals surface area (Å²) in [4.78, 5) is 14.7. The summed E-state index contributed by atoms with van der Waals surface area (Å²) in [7, 11) is 0. The van der Waals surface area contributed by atoms with Crippen LogP contribution in [0.5, 0.6) is 0 Å². The maximum absolute atomic E-state index is 12.3. The van der Waals surface area contributed by atoms with Crippen LogP contribution in [0.1, 0.15) is 18.9 Å². The number of benzene rings is 2. The van der Waals surface area contributed by atoms with Gasteiger partial charge in [-0.2, -0.15) is 0 Å². The third-order valence-corrected chi connectivity index (χ3v) is 5.90. The highest BCUT2D eigenvalue weighted by Crippen LogP contribution is 2.23. The maximum atomic E-state index is 12.3. The zero-order chi connectivity index (χ0) is 17.5. The lowest BCUT2D eigenvalue weighted by Gasteiger charge is -2.19. The first-order chi connectivity index (χ1) is 12.2. The number of amides is 1. The molecule has 0 unspecified atom stereocenters. The Labute approximate surface area is 154 Å². The minimum Gasteiger partial charge on any atom is -0.371 e. The van der Waals surface area contributed by atoms with Gasteiger partial charge >= 0.3 is 0 Å². The quantitative estimate of drug-likeness (QED) is 0.817. The maximum Gasteiger partial charge on any atom is 0.232 e. The largest absolute Gasteiger partial charge is 0.371 e. The number of nitrogens with one attached hydrogen (secondary N) is 1. The monoisotopic (exact) mass is 354 g/mol. The van der Waals surface area contributed by atoms with Gasteiger partial charge in [0.25, 0.3) is 0 Å². The Bertz CT molecular complexity index is 662. The highest BCUT2D eigenvalue weighted by atomic mass is 32.2. The Balaban J connectivity index is 1.39. The molecule has 25 heavy (non-hydrogen) atoms. The molecule has 1 amide bonds. The van der Waals surface area contributed by atoms with Crippen LogP contribution in [-0.4, -0.2) is 30.8 Å². The van der Waals surface area contributed by atoms with Crippen LogP contribution >= 0.6 is 11.8 Å². The number of hydrogen-bond acceptors (Lipinski definition) is 3. The summed E-state index contributed by atoms with van der Waals surface area (Å²) in [5, 5.41) is 3.12. The van der Waals surface area contributed by atoms with Gasteiger partial charge in [0.15, 0.2) is 0 Å². The van der Waals surface area contributed by atoms with Crippen molar-refractivity contribution >= 4 is 23.4 Å². The Hall–Kier alpha value is -1.94. The molecular formula is C21H26N2OS. The van der Waals surface area contributed by atoms with Crippen LogP contribution in [0.3, 0.4) is 0 Å². The first kappa shape index (κ1) is 17.9. The summed E-state index contributed by atoms with van der Waals surface area (Å²) in [6.45, 7) is 4.87. The summed E-state index contributed by atoms with van der Waals surface area (Å²) >= 11 is 1.70. The van der Waals surface area contributed by atoms with Crippen molar-refractivity contribution < 1.29 is 4.79 Å². The molecule has 2 atom stereocenters. The number of para-hydroxylation sites is 1. The molecule has 0 bridgehead atoms. The van der Waals surface area contributed by atoms with E-state index in [9.17, 15) is 4.79 Å². The van der Waals surface area contributed by atoms with Gasteiger partial charge in [-0.05, 0) is 37.0 Å². The average Bonchev–Trinajstić information content (AvgIpc) is 3.15.